The van der Waals surface area contributed by atoms with E-state index < -0.39 is 5.41 Å². The Bertz CT molecular complexity index is 390. The Morgan fingerprint density at radius 3 is 2.94 bits per heavy atom. The minimum Gasteiger partial charge on any atom is -0.379 e. The number of thioether (sulfide) groups is 1. The van der Waals surface area contributed by atoms with Crippen LogP contribution >= 0.6 is 23.1 Å². The number of anilines is 1. The van der Waals surface area contributed by atoms with Gasteiger partial charge < -0.3 is 4.74 Å². The number of rotatable bonds is 4. The molecule has 2 heterocycles. The summed E-state index contributed by atoms with van der Waals surface area (Å²) in [5, 5.41) is 11.2. The summed E-state index contributed by atoms with van der Waals surface area (Å²) < 4.78 is 5.93. The second kappa shape index (κ2) is 4.68. The Morgan fingerprint density at radius 2 is 2.38 bits per heavy atom. The first kappa shape index (κ1) is 11.8. The van der Waals surface area contributed by atoms with Gasteiger partial charge in [-0.2, -0.15) is 0 Å². The summed E-state index contributed by atoms with van der Waals surface area (Å²) in [6, 6.07) is 0. The number of amides is 1. The molecule has 0 aromatic carbocycles. The molecule has 1 fully saturated rings. The van der Waals surface area contributed by atoms with E-state index in [1.54, 1.807) is 11.8 Å². The van der Waals surface area contributed by atoms with Gasteiger partial charge in [-0.15, -0.1) is 10.2 Å². The molecule has 2 rings (SSSR count). The van der Waals surface area contributed by atoms with Gasteiger partial charge in [-0.3, -0.25) is 10.1 Å². The molecule has 7 heteroatoms. The van der Waals surface area contributed by atoms with Crippen molar-refractivity contribution in [3.8, 4) is 0 Å². The lowest BCUT2D eigenvalue weighted by Gasteiger charge is -2.35. The maximum Gasteiger partial charge on any atom is 0.236 e. The molecule has 0 spiro atoms. The molecule has 0 bridgehead atoms. The van der Waals surface area contributed by atoms with Crippen LogP contribution in [0.4, 0.5) is 5.13 Å². The topological polar surface area (TPSA) is 64.1 Å². The van der Waals surface area contributed by atoms with E-state index in [0.29, 0.717) is 18.3 Å². The molecular formula is C9H13N3O2S2. The van der Waals surface area contributed by atoms with E-state index in [1.165, 1.54) is 11.3 Å². The van der Waals surface area contributed by atoms with Crippen molar-refractivity contribution in [3.63, 3.8) is 0 Å². The molecule has 0 aliphatic carbocycles. The van der Waals surface area contributed by atoms with E-state index in [-0.39, 0.29) is 5.91 Å². The third-order valence-corrected chi connectivity index (χ3v) is 4.14. The van der Waals surface area contributed by atoms with Gasteiger partial charge in [-0.25, -0.2) is 0 Å². The van der Waals surface area contributed by atoms with Crippen molar-refractivity contribution >= 4 is 34.1 Å². The predicted octanol–water partition coefficient (Wildman–Crippen LogP) is 1.63. The molecule has 1 saturated heterocycles. The summed E-state index contributed by atoms with van der Waals surface area (Å²) in [6.07, 6.45) is 0. The summed E-state index contributed by atoms with van der Waals surface area (Å²) in [7, 11) is 0. The molecular weight excluding hydrogens is 246 g/mol. The zero-order valence-corrected chi connectivity index (χ0v) is 10.8. The van der Waals surface area contributed by atoms with Crippen molar-refractivity contribution < 1.29 is 9.53 Å². The average molecular weight is 259 g/mol. The standard InChI is InChI=1S/C9H13N3O2S2/c1-3-15-8-12-11-7(16-8)10-6(13)9(2)4-14-5-9/h3-5H2,1-2H3,(H,10,11,13). The maximum atomic E-state index is 11.8. The van der Waals surface area contributed by atoms with Crippen LogP contribution in [0.1, 0.15) is 13.8 Å². The van der Waals surface area contributed by atoms with Crippen LogP contribution < -0.4 is 5.32 Å². The second-order valence-electron chi connectivity index (χ2n) is 3.81. The first-order valence-corrected chi connectivity index (χ1v) is 6.80. The van der Waals surface area contributed by atoms with Gasteiger partial charge in [0.15, 0.2) is 4.34 Å². The number of nitrogens with zero attached hydrogens (tertiary/aromatic N) is 2. The Kier molecular flexibility index (Phi) is 3.46. The molecule has 1 aliphatic heterocycles. The number of nitrogens with one attached hydrogen (secondary N) is 1. The number of hydrogen-bond acceptors (Lipinski definition) is 6. The maximum absolute atomic E-state index is 11.8. The van der Waals surface area contributed by atoms with E-state index in [2.05, 4.69) is 22.4 Å². The van der Waals surface area contributed by atoms with Gasteiger partial charge >= 0.3 is 0 Å². The van der Waals surface area contributed by atoms with Crippen LogP contribution in [0.25, 0.3) is 0 Å². The van der Waals surface area contributed by atoms with Gasteiger partial charge in [0, 0.05) is 0 Å². The highest BCUT2D eigenvalue weighted by Gasteiger charge is 2.41. The molecule has 5 nitrogen and oxygen atoms in total. The normalized spacial score (nSPS) is 17.9. The van der Waals surface area contributed by atoms with Gasteiger partial charge in [0.25, 0.3) is 0 Å². The second-order valence-corrected chi connectivity index (χ2v) is 6.30. The monoisotopic (exact) mass is 259 g/mol. The number of ether oxygens (including phenoxy) is 1. The van der Waals surface area contributed by atoms with E-state index in [4.69, 9.17) is 4.74 Å². The summed E-state index contributed by atoms with van der Waals surface area (Å²) in [4.78, 5) is 11.8. The van der Waals surface area contributed by atoms with E-state index in [1.807, 2.05) is 6.92 Å². The van der Waals surface area contributed by atoms with Crippen molar-refractivity contribution in [3.05, 3.63) is 0 Å². The van der Waals surface area contributed by atoms with Crippen molar-refractivity contribution in [2.45, 2.75) is 18.2 Å². The summed E-state index contributed by atoms with van der Waals surface area (Å²) in [6.45, 7) is 4.90. The smallest absolute Gasteiger partial charge is 0.236 e. The Hall–Kier alpha value is -0.660. The van der Waals surface area contributed by atoms with E-state index >= 15 is 0 Å². The Morgan fingerprint density at radius 1 is 1.62 bits per heavy atom. The minimum atomic E-state index is -0.399. The van der Waals surface area contributed by atoms with Crippen molar-refractivity contribution in [1.29, 1.82) is 0 Å². The number of hydrogen-bond donors (Lipinski definition) is 1. The van der Waals surface area contributed by atoms with Gasteiger partial charge in [0.05, 0.1) is 18.6 Å². The summed E-state index contributed by atoms with van der Waals surface area (Å²) in [5.41, 5.74) is -0.399. The number of aromatic nitrogens is 2. The fourth-order valence-corrected chi connectivity index (χ4v) is 2.87. The predicted molar refractivity (Wildman–Crippen MR) is 63.9 cm³/mol. The van der Waals surface area contributed by atoms with Crippen LogP contribution in [-0.4, -0.2) is 35.1 Å². The quantitative estimate of drug-likeness (QED) is 0.657. The number of carbonyl (C=O) groups excluding carboxylic acids is 1. The van der Waals surface area contributed by atoms with Crippen molar-refractivity contribution in [1.82, 2.24) is 10.2 Å². The fourth-order valence-electron chi connectivity index (χ4n) is 1.23. The number of carbonyl (C=O) groups is 1. The zero-order valence-electron chi connectivity index (χ0n) is 9.15. The Balaban J connectivity index is 1.95. The van der Waals surface area contributed by atoms with Crippen molar-refractivity contribution in [2.24, 2.45) is 5.41 Å². The molecule has 1 N–H and O–H groups in total. The molecule has 1 amide bonds. The van der Waals surface area contributed by atoms with Crippen LogP contribution in [-0.2, 0) is 9.53 Å². The molecule has 16 heavy (non-hydrogen) atoms. The third kappa shape index (κ3) is 2.36. The van der Waals surface area contributed by atoms with Crippen LogP contribution in [0.2, 0.25) is 0 Å². The Labute approximate surface area is 102 Å². The summed E-state index contributed by atoms with van der Waals surface area (Å²) >= 11 is 3.02. The lowest BCUT2D eigenvalue weighted by atomic mass is 9.88. The van der Waals surface area contributed by atoms with Gasteiger partial charge in [0.2, 0.25) is 11.0 Å². The molecule has 1 aliphatic rings. The average Bonchev–Trinajstić information content (AvgIpc) is 2.62. The van der Waals surface area contributed by atoms with Crippen molar-refractivity contribution in [2.75, 3.05) is 24.3 Å². The van der Waals surface area contributed by atoms with E-state index in [9.17, 15) is 4.79 Å². The van der Waals surface area contributed by atoms with Crippen LogP contribution in [0.15, 0.2) is 4.34 Å². The molecule has 1 aromatic rings. The highest BCUT2D eigenvalue weighted by atomic mass is 32.2. The first-order valence-electron chi connectivity index (χ1n) is 4.99. The van der Waals surface area contributed by atoms with Crippen LogP contribution in [0.5, 0.6) is 0 Å². The largest absolute Gasteiger partial charge is 0.379 e. The highest BCUT2D eigenvalue weighted by Crippen LogP contribution is 2.30. The van der Waals surface area contributed by atoms with E-state index in [0.717, 1.165) is 10.1 Å². The fraction of sp³-hybridized carbons (Fsp3) is 0.667. The first-order chi connectivity index (χ1) is 7.64. The van der Waals surface area contributed by atoms with Crippen LogP contribution in [0.3, 0.4) is 0 Å². The summed E-state index contributed by atoms with van der Waals surface area (Å²) in [5.74, 6) is 0.914. The lowest BCUT2D eigenvalue weighted by Crippen LogP contribution is -2.49. The minimum absolute atomic E-state index is 0.0389. The van der Waals surface area contributed by atoms with Gasteiger partial charge in [0.1, 0.15) is 0 Å². The lowest BCUT2D eigenvalue weighted by molar-refractivity contribution is -0.151. The molecule has 88 valence electrons. The zero-order chi connectivity index (χ0) is 11.6. The molecule has 0 saturated carbocycles. The molecule has 1 aromatic heterocycles. The highest BCUT2D eigenvalue weighted by molar-refractivity contribution is 8.01. The molecule has 0 unspecified atom stereocenters. The van der Waals surface area contributed by atoms with Crippen LogP contribution in [0, 0.1) is 5.41 Å². The molecule has 0 atom stereocenters. The molecule has 0 radical (unpaired) electrons. The third-order valence-electron chi connectivity index (χ3n) is 2.28. The van der Waals surface area contributed by atoms with Gasteiger partial charge in [-0.1, -0.05) is 30.0 Å². The SMILES string of the molecule is CCSc1nnc(NC(=O)C2(C)COC2)s1. The van der Waals surface area contributed by atoms with Gasteiger partial charge in [-0.05, 0) is 12.7 Å².